The lowest BCUT2D eigenvalue weighted by Crippen LogP contribution is -2.22. The number of carboxylic acid groups (broad SMARTS) is 2. The van der Waals surface area contributed by atoms with Gasteiger partial charge in [-0.1, -0.05) is 26.2 Å². The van der Waals surface area contributed by atoms with Gasteiger partial charge in [0.15, 0.2) is 5.92 Å². The Balaban J connectivity index is 0.000000382. The molecule has 2 N–H and O–H groups in total. The van der Waals surface area contributed by atoms with Crippen molar-refractivity contribution in [1.29, 1.82) is 0 Å². The lowest BCUT2D eigenvalue weighted by atomic mass is 9.98. The van der Waals surface area contributed by atoms with Crippen LogP contribution in [-0.2, 0) is 28.7 Å². The first-order valence-electron chi connectivity index (χ1n) is 10.9. The van der Waals surface area contributed by atoms with Gasteiger partial charge in [-0.25, -0.2) is 9.59 Å². The van der Waals surface area contributed by atoms with Gasteiger partial charge >= 0.3 is 23.9 Å². The van der Waals surface area contributed by atoms with E-state index in [1.165, 1.54) is 25.0 Å². The Kier molecular flexibility index (Phi) is 12.5. The fourth-order valence-electron chi connectivity index (χ4n) is 3.55. The van der Waals surface area contributed by atoms with E-state index in [1.807, 2.05) is 0 Å². The molecule has 0 saturated heterocycles. The van der Waals surface area contributed by atoms with Crippen molar-refractivity contribution >= 4 is 23.9 Å². The summed E-state index contributed by atoms with van der Waals surface area (Å²) >= 11 is 0. The van der Waals surface area contributed by atoms with Gasteiger partial charge in [-0.3, -0.25) is 9.59 Å². The predicted octanol–water partition coefficient (Wildman–Crippen LogP) is 3.87. The Morgan fingerprint density at radius 1 is 0.767 bits per heavy atom. The smallest absolute Gasteiger partial charge is 0.331 e. The minimum absolute atomic E-state index is 0.0234. The maximum atomic E-state index is 11.6. The van der Waals surface area contributed by atoms with Crippen molar-refractivity contribution in [2.45, 2.75) is 96.2 Å². The molecule has 0 bridgehead atoms. The Morgan fingerprint density at radius 3 is 1.40 bits per heavy atom. The number of hydrogen-bond acceptors (Lipinski definition) is 6. The van der Waals surface area contributed by atoms with Crippen LogP contribution in [0.2, 0.25) is 0 Å². The fraction of sp³-hybridized carbons (Fsp3) is 0.727. The number of carbonyl (C=O) groups excluding carboxylic acids is 2. The Labute approximate surface area is 177 Å². The lowest BCUT2D eigenvalue weighted by molar-refractivity contribution is -0.155. The largest absolute Gasteiger partial charge is 0.481 e. The third-order valence-electron chi connectivity index (χ3n) is 5.20. The third-order valence-corrected chi connectivity index (χ3v) is 5.20. The van der Waals surface area contributed by atoms with E-state index in [1.54, 1.807) is 6.92 Å². The molecule has 2 fully saturated rings. The van der Waals surface area contributed by atoms with Crippen molar-refractivity contribution in [3.63, 3.8) is 0 Å². The van der Waals surface area contributed by atoms with Gasteiger partial charge in [0.25, 0.3) is 0 Å². The molecule has 0 radical (unpaired) electrons. The minimum Gasteiger partial charge on any atom is -0.481 e. The van der Waals surface area contributed by atoms with Crippen LogP contribution >= 0.6 is 0 Å². The van der Waals surface area contributed by atoms with Crippen LogP contribution in [0.4, 0.5) is 0 Å². The van der Waals surface area contributed by atoms with Crippen LogP contribution < -0.4 is 0 Å². The van der Waals surface area contributed by atoms with Crippen molar-refractivity contribution in [2.75, 3.05) is 0 Å². The van der Waals surface area contributed by atoms with E-state index in [2.05, 4.69) is 0 Å². The van der Waals surface area contributed by atoms with Crippen molar-refractivity contribution < 1.29 is 38.9 Å². The molecular weight excluding hydrogens is 392 g/mol. The molecule has 8 nitrogen and oxygen atoms in total. The molecule has 0 aliphatic heterocycles. The van der Waals surface area contributed by atoms with Crippen molar-refractivity contribution in [1.82, 2.24) is 0 Å². The summed E-state index contributed by atoms with van der Waals surface area (Å²) in [5.74, 6) is -4.61. The number of esters is 2. The highest BCUT2D eigenvalue weighted by atomic mass is 16.5. The second-order valence-corrected chi connectivity index (χ2v) is 7.74. The van der Waals surface area contributed by atoms with Gasteiger partial charge in [0, 0.05) is 12.2 Å². The van der Waals surface area contributed by atoms with Crippen LogP contribution in [0.5, 0.6) is 0 Å². The van der Waals surface area contributed by atoms with Gasteiger partial charge in [-0.15, -0.1) is 0 Å². The number of rotatable bonds is 8. The molecular formula is C22H34O8. The molecule has 0 aromatic heterocycles. The summed E-state index contributed by atoms with van der Waals surface area (Å²) in [6.45, 7) is 1.75. The zero-order chi connectivity index (χ0) is 22.4. The highest BCUT2D eigenvalue weighted by Crippen LogP contribution is 2.21. The molecule has 2 aliphatic carbocycles. The maximum absolute atomic E-state index is 11.6. The standard InChI is InChI=1S/C16H24O4.C6H10O4/c17-15(19-13-7-3-1-4-8-13)11-12-16(18)20-14-9-5-2-6-10-14;1-2-3-4(5(7)8)6(9)10/h11-14H,1-10H2;4H,2-3H2,1H3,(H,7,8)(H,9,10)/b12-11-;. The summed E-state index contributed by atoms with van der Waals surface area (Å²) in [5.41, 5.74) is 0. The normalized spacial score (nSPS) is 17.8. The van der Waals surface area contributed by atoms with E-state index >= 15 is 0 Å². The van der Waals surface area contributed by atoms with Crippen LogP contribution in [0.15, 0.2) is 12.2 Å². The zero-order valence-corrected chi connectivity index (χ0v) is 17.7. The second kappa shape index (κ2) is 14.6. The summed E-state index contributed by atoms with van der Waals surface area (Å²) < 4.78 is 10.6. The highest BCUT2D eigenvalue weighted by Gasteiger charge is 2.23. The zero-order valence-electron chi connectivity index (χ0n) is 17.7. The number of ether oxygens (including phenoxy) is 2. The van der Waals surface area contributed by atoms with Crippen molar-refractivity contribution in [2.24, 2.45) is 5.92 Å². The maximum Gasteiger partial charge on any atom is 0.331 e. The van der Waals surface area contributed by atoms with E-state index in [9.17, 15) is 19.2 Å². The van der Waals surface area contributed by atoms with E-state index in [-0.39, 0.29) is 18.6 Å². The Morgan fingerprint density at radius 2 is 1.13 bits per heavy atom. The first-order chi connectivity index (χ1) is 14.3. The molecule has 0 spiro atoms. The van der Waals surface area contributed by atoms with Gasteiger partial charge in [0.1, 0.15) is 12.2 Å². The second-order valence-electron chi connectivity index (χ2n) is 7.74. The number of aliphatic carboxylic acids is 2. The first kappa shape index (κ1) is 25.7. The summed E-state index contributed by atoms with van der Waals surface area (Å²) in [5, 5.41) is 16.6. The molecule has 170 valence electrons. The Hall–Kier alpha value is -2.38. The summed E-state index contributed by atoms with van der Waals surface area (Å²) in [4.78, 5) is 43.5. The van der Waals surface area contributed by atoms with Gasteiger partial charge < -0.3 is 19.7 Å². The third kappa shape index (κ3) is 11.0. The van der Waals surface area contributed by atoms with Crippen LogP contribution in [-0.4, -0.2) is 46.3 Å². The summed E-state index contributed by atoms with van der Waals surface area (Å²) in [6, 6.07) is 0. The molecule has 0 unspecified atom stereocenters. The molecule has 0 amide bonds. The number of carboxylic acids is 2. The van der Waals surface area contributed by atoms with E-state index in [0.717, 1.165) is 51.4 Å². The summed E-state index contributed by atoms with van der Waals surface area (Å²) in [6.07, 6.45) is 13.9. The van der Waals surface area contributed by atoms with Crippen molar-refractivity contribution in [3.05, 3.63) is 12.2 Å². The van der Waals surface area contributed by atoms with E-state index in [0.29, 0.717) is 6.42 Å². The lowest BCUT2D eigenvalue weighted by Gasteiger charge is -2.21. The molecule has 2 rings (SSSR count). The van der Waals surface area contributed by atoms with Crippen LogP contribution in [0.1, 0.15) is 84.0 Å². The van der Waals surface area contributed by atoms with Crippen LogP contribution in [0.3, 0.4) is 0 Å². The quantitative estimate of drug-likeness (QED) is 0.340. The highest BCUT2D eigenvalue weighted by molar-refractivity contribution is 5.92. The van der Waals surface area contributed by atoms with E-state index < -0.39 is 29.8 Å². The Bertz CT molecular complexity index is 538. The first-order valence-corrected chi connectivity index (χ1v) is 10.9. The molecule has 30 heavy (non-hydrogen) atoms. The van der Waals surface area contributed by atoms with Crippen LogP contribution in [0, 0.1) is 5.92 Å². The molecule has 0 heterocycles. The van der Waals surface area contributed by atoms with Crippen molar-refractivity contribution in [3.8, 4) is 0 Å². The molecule has 0 aromatic rings. The average Bonchev–Trinajstić information content (AvgIpc) is 2.72. The summed E-state index contributed by atoms with van der Waals surface area (Å²) in [7, 11) is 0. The van der Waals surface area contributed by atoms with E-state index in [4.69, 9.17) is 19.7 Å². The predicted molar refractivity (Wildman–Crippen MR) is 109 cm³/mol. The molecule has 0 aromatic carbocycles. The molecule has 0 atom stereocenters. The van der Waals surface area contributed by atoms with Gasteiger partial charge in [0.2, 0.25) is 0 Å². The molecule has 2 saturated carbocycles. The van der Waals surface area contributed by atoms with Crippen LogP contribution in [0.25, 0.3) is 0 Å². The SMILES string of the molecule is CCCC(C(=O)O)C(=O)O.O=C(/C=C\C(=O)OC1CCCCC1)OC1CCCCC1. The number of carbonyl (C=O) groups is 4. The average molecular weight is 427 g/mol. The molecule has 8 heteroatoms. The topological polar surface area (TPSA) is 127 Å². The minimum atomic E-state index is -1.26. The van der Waals surface area contributed by atoms with Gasteiger partial charge in [-0.2, -0.15) is 0 Å². The van der Waals surface area contributed by atoms with Gasteiger partial charge in [0.05, 0.1) is 0 Å². The molecule has 2 aliphatic rings. The monoisotopic (exact) mass is 426 g/mol. The number of hydrogen-bond donors (Lipinski definition) is 2. The van der Waals surface area contributed by atoms with Gasteiger partial charge in [-0.05, 0) is 57.8 Å². The fourth-order valence-corrected chi connectivity index (χ4v) is 3.55.